The standard InChI is InChI=1S/C25H35F3N4O2/c1-15-10-18(14-31(13-15)23(33)34-24(3,4)5)21-11-16(2)29-22-12-20(30-32(21)22)17-6-8-19(9-7-17)25(26,27)28/h11-12,15,17-19H,6-10,13-14H2,1-5H3/t15-,17-,18+,19-/m0/s1. The molecule has 0 aromatic carbocycles. The predicted octanol–water partition coefficient (Wildman–Crippen LogP) is 6.23. The quantitative estimate of drug-likeness (QED) is 0.511. The van der Waals surface area contributed by atoms with E-state index in [2.05, 4.69) is 11.9 Å². The first-order valence-corrected chi connectivity index (χ1v) is 12.2. The van der Waals surface area contributed by atoms with Gasteiger partial charge in [-0.3, -0.25) is 0 Å². The van der Waals surface area contributed by atoms with Gasteiger partial charge in [0.25, 0.3) is 0 Å². The summed E-state index contributed by atoms with van der Waals surface area (Å²) in [5.74, 6) is -0.840. The van der Waals surface area contributed by atoms with Crippen LogP contribution < -0.4 is 0 Å². The molecule has 2 aliphatic rings. The Morgan fingerprint density at radius 3 is 2.35 bits per heavy atom. The van der Waals surface area contributed by atoms with Gasteiger partial charge in [-0.2, -0.15) is 18.3 Å². The van der Waals surface area contributed by atoms with Gasteiger partial charge in [-0.1, -0.05) is 6.92 Å². The Bertz CT molecular complexity index is 1040. The second-order valence-electron chi connectivity index (χ2n) is 11.2. The molecule has 34 heavy (non-hydrogen) atoms. The van der Waals surface area contributed by atoms with Crippen LogP contribution in [-0.4, -0.2) is 50.5 Å². The zero-order valence-electron chi connectivity index (χ0n) is 20.7. The summed E-state index contributed by atoms with van der Waals surface area (Å²) in [5, 5.41) is 4.83. The van der Waals surface area contributed by atoms with Gasteiger partial charge in [0.1, 0.15) is 5.60 Å². The van der Waals surface area contributed by atoms with Gasteiger partial charge in [0.15, 0.2) is 5.65 Å². The Morgan fingerprint density at radius 1 is 1.06 bits per heavy atom. The van der Waals surface area contributed by atoms with E-state index in [4.69, 9.17) is 9.84 Å². The summed E-state index contributed by atoms with van der Waals surface area (Å²) in [5.41, 5.74) is 2.81. The molecule has 0 unspecified atom stereocenters. The molecule has 0 bridgehead atoms. The molecule has 4 rings (SSSR count). The van der Waals surface area contributed by atoms with E-state index >= 15 is 0 Å². The van der Waals surface area contributed by atoms with E-state index in [1.165, 1.54) is 0 Å². The number of nitrogens with zero attached hydrogens (tertiary/aromatic N) is 4. The fraction of sp³-hybridized carbons (Fsp3) is 0.720. The van der Waals surface area contributed by atoms with Gasteiger partial charge < -0.3 is 9.64 Å². The highest BCUT2D eigenvalue weighted by Crippen LogP contribution is 2.43. The lowest BCUT2D eigenvalue weighted by Gasteiger charge is -2.37. The first-order chi connectivity index (χ1) is 15.8. The predicted molar refractivity (Wildman–Crippen MR) is 123 cm³/mol. The molecule has 0 spiro atoms. The topological polar surface area (TPSA) is 59.7 Å². The molecule has 0 N–H and O–H groups in total. The summed E-state index contributed by atoms with van der Waals surface area (Å²) in [4.78, 5) is 19.2. The molecule has 6 nitrogen and oxygen atoms in total. The highest BCUT2D eigenvalue weighted by molar-refractivity contribution is 5.68. The van der Waals surface area contributed by atoms with Crippen LogP contribution in [0.15, 0.2) is 12.1 Å². The fourth-order valence-electron chi connectivity index (χ4n) is 5.39. The Hall–Kier alpha value is -2.32. The Balaban J connectivity index is 1.58. The van der Waals surface area contributed by atoms with Crippen molar-refractivity contribution in [1.29, 1.82) is 0 Å². The molecule has 3 heterocycles. The van der Waals surface area contributed by atoms with Crippen LogP contribution in [0.5, 0.6) is 0 Å². The Labute approximate surface area is 198 Å². The van der Waals surface area contributed by atoms with Gasteiger partial charge in [-0.05, 0) is 71.8 Å². The SMILES string of the molecule is Cc1cc([C@@H]2C[C@H](C)CN(C(=O)OC(C)(C)C)C2)n2nc([C@H]3CC[C@H](C(F)(F)F)CC3)cc2n1. The highest BCUT2D eigenvalue weighted by atomic mass is 19.4. The second kappa shape index (κ2) is 9.04. The molecule has 1 saturated carbocycles. The van der Waals surface area contributed by atoms with Crippen LogP contribution in [0.25, 0.3) is 5.65 Å². The average molecular weight is 481 g/mol. The largest absolute Gasteiger partial charge is 0.444 e. The lowest BCUT2D eigenvalue weighted by Crippen LogP contribution is -2.45. The number of rotatable bonds is 2. The number of carbonyl (C=O) groups is 1. The lowest BCUT2D eigenvalue weighted by molar-refractivity contribution is -0.182. The molecule has 2 aromatic rings. The number of fused-ring (bicyclic) bond motifs is 1. The fourth-order valence-corrected chi connectivity index (χ4v) is 5.39. The monoisotopic (exact) mass is 480 g/mol. The van der Waals surface area contributed by atoms with Crippen LogP contribution >= 0.6 is 0 Å². The average Bonchev–Trinajstić information content (AvgIpc) is 3.15. The Morgan fingerprint density at radius 2 is 1.74 bits per heavy atom. The molecule has 1 aliphatic heterocycles. The maximum absolute atomic E-state index is 13.1. The zero-order chi connectivity index (χ0) is 24.8. The van der Waals surface area contributed by atoms with E-state index < -0.39 is 17.7 Å². The minimum Gasteiger partial charge on any atom is -0.444 e. The number of carbonyl (C=O) groups excluding carboxylic acids is 1. The van der Waals surface area contributed by atoms with Crippen LogP contribution in [0, 0.1) is 18.8 Å². The second-order valence-corrected chi connectivity index (χ2v) is 11.2. The number of amides is 1. The van der Waals surface area contributed by atoms with Gasteiger partial charge in [-0.15, -0.1) is 0 Å². The molecule has 0 radical (unpaired) electrons. The van der Waals surface area contributed by atoms with E-state index in [1.54, 1.807) is 4.90 Å². The highest BCUT2D eigenvalue weighted by Gasteiger charge is 2.42. The van der Waals surface area contributed by atoms with E-state index in [0.717, 1.165) is 23.5 Å². The molecule has 1 saturated heterocycles. The number of piperidine rings is 1. The number of likely N-dealkylation sites (tertiary alicyclic amines) is 1. The van der Waals surface area contributed by atoms with Crippen LogP contribution in [0.3, 0.4) is 0 Å². The van der Waals surface area contributed by atoms with Gasteiger partial charge in [0.2, 0.25) is 0 Å². The van der Waals surface area contributed by atoms with E-state index in [0.29, 0.717) is 37.5 Å². The number of aryl methyl sites for hydroxylation is 1. The molecule has 2 atom stereocenters. The van der Waals surface area contributed by atoms with Crippen molar-refractivity contribution >= 4 is 11.7 Å². The molecule has 1 aliphatic carbocycles. The van der Waals surface area contributed by atoms with Crippen molar-refractivity contribution in [2.45, 2.75) is 90.3 Å². The van der Waals surface area contributed by atoms with Crippen molar-refractivity contribution in [3.63, 3.8) is 0 Å². The van der Waals surface area contributed by atoms with Crippen molar-refractivity contribution in [1.82, 2.24) is 19.5 Å². The minimum absolute atomic E-state index is 0.0111. The van der Waals surface area contributed by atoms with Crippen molar-refractivity contribution in [3.05, 3.63) is 29.2 Å². The number of ether oxygens (including phenoxy) is 1. The zero-order valence-corrected chi connectivity index (χ0v) is 20.7. The first-order valence-electron chi connectivity index (χ1n) is 12.2. The van der Waals surface area contributed by atoms with Crippen LogP contribution in [0.4, 0.5) is 18.0 Å². The molecular formula is C25H35F3N4O2. The van der Waals surface area contributed by atoms with Crippen molar-refractivity contribution in [3.8, 4) is 0 Å². The maximum atomic E-state index is 13.1. The van der Waals surface area contributed by atoms with Gasteiger partial charge in [-0.25, -0.2) is 14.3 Å². The molecular weight excluding hydrogens is 445 g/mol. The summed E-state index contributed by atoms with van der Waals surface area (Å²) in [6, 6.07) is 3.94. The summed E-state index contributed by atoms with van der Waals surface area (Å²) < 4.78 is 46.7. The van der Waals surface area contributed by atoms with Gasteiger partial charge in [0, 0.05) is 36.7 Å². The van der Waals surface area contributed by atoms with Crippen LogP contribution in [0.2, 0.25) is 0 Å². The summed E-state index contributed by atoms with van der Waals surface area (Å²) in [6.45, 7) is 10.8. The summed E-state index contributed by atoms with van der Waals surface area (Å²) in [6.07, 6.45) is -2.27. The minimum atomic E-state index is -4.12. The van der Waals surface area contributed by atoms with Crippen molar-refractivity contribution in [2.24, 2.45) is 11.8 Å². The van der Waals surface area contributed by atoms with Crippen LogP contribution in [-0.2, 0) is 4.74 Å². The molecule has 2 fully saturated rings. The Kier molecular flexibility index (Phi) is 6.59. The number of alkyl halides is 3. The van der Waals surface area contributed by atoms with Crippen molar-refractivity contribution < 1.29 is 22.7 Å². The van der Waals surface area contributed by atoms with Gasteiger partial charge >= 0.3 is 12.3 Å². The molecule has 2 aromatic heterocycles. The van der Waals surface area contributed by atoms with Crippen molar-refractivity contribution in [2.75, 3.05) is 13.1 Å². The normalized spacial score (nSPS) is 26.6. The third-order valence-electron chi connectivity index (χ3n) is 6.94. The third-order valence-corrected chi connectivity index (χ3v) is 6.94. The van der Waals surface area contributed by atoms with E-state index in [9.17, 15) is 18.0 Å². The third kappa shape index (κ3) is 5.49. The summed E-state index contributed by atoms with van der Waals surface area (Å²) in [7, 11) is 0. The molecule has 188 valence electrons. The first kappa shape index (κ1) is 24.8. The number of hydrogen-bond donors (Lipinski definition) is 0. The maximum Gasteiger partial charge on any atom is 0.410 e. The summed E-state index contributed by atoms with van der Waals surface area (Å²) >= 11 is 0. The smallest absolute Gasteiger partial charge is 0.410 e. The van der Waals surface area contributed by atoms with Crippen LogP contribution in [0.1, 0.15) is 88.7 Å². The van der Waals surface area contributed by atoms with E-state index in [1.807, 2.05) is 44.3 Å². The van der Waals surface area contributed by atoms with E-state index in [-0.39, 0.29) is 30.8 Å². The molecule has 9 heteroatoms. The number of aromatic nitrogens is 3. The number of halogens is 3. The van der Waals surface area contributed by atoms with Gasteiger partial charge in [0.05, 0.1) is 17.3 Å². The lowest BCUT2D eigenvalue weighted by atomic mass is 9.80. The molecule has 1 amide bonds. The number of hydrogen-bond acceptors (Lipinski definition) is 4.